The first-order valence-corrected chi connectivity index (χ1v) is 14.0. The number of ether oxygens (including phenoxy) is 1. The summed E-state index contributed by atoms with van der Waals surface area (Å²) in [5.74, 6) is -0.235. The number of nitrogens with zero attached hydrogens (tertiary/aromatic N) is 2. The second-order valence-corrected chi connectivity index (χ2v) is 9.40. The number of carbonyl (C=O) groups excluding carboxylic acids is 3. The van der Waals surface area contributed by atoms with E-state index < -0.39 is 23.8 Å². The number of para-hydroxylation sites is 4. The summed E-state index contributed by atoms with van der Waals surface area (Å²) >= 11 is 2.15. The lowest BCUT2D eigenvalue weighted by Crippen LogP contribution is -2.50. The lowest BCUT2D eigenvalue weighted by atomic mass is 10.2. The van der Waals surface area contributed by atoms with Gasteiger partial charge in [0.05, 0.1) is 22.7 Å². The van der Waals surface area contributed by atoms with Crippen molar-refractivity contribution in [2.45, 2.75) is 38.5 Å². The molecule has 11 heteroatoms. The predicted molar refractivity (Wildman–Crippen MR) is 158 cm³/mol. The highest BCUT2D eigenvalue weighted by atomic mass is 127. The summed E-state index contributed by atoms with van der Waals surface area (Å²) in [5.41, 5.74) is 8.58. The molecule has 2 atom stereocenters. The van der Waals surface area contributed by atoms with Gasteiger partial charge in [0.25, 0.3) is 5.91 Å². The van der Waals surface area contributed by atoms with E-state index in [0.29, 0.717) is 13.1 Å². The van der Waals surface area contributed by atoms with Gasteiger partial charge in [0, 0.05) is 27.2 Å². The second-order valence-electron chi connectivity index (χ2n) is 9.40. The van der Waals surface area contributed by atoms with E-state index in [1.807, 2.05) is 53.5 Å². The zero-order valence-corrected chi connectivity index (χ0v) is 24.3. The maximum absolute atomic E-state index is 12.4. The number of fused-ring (bicyclic) bond motifs is 2. The summed E-state index contributed by atoms with van der Waals surface area (Å²) in [4.78, 5) is 41.0. The summed E-state index contributed by atoms with van der Waals surface area (Å²) in [6, 6.07) is 14.1. The molecule has 2 aliphatic rings. The number of likely N-dealkylation sites (N-methyl/N-ethyl adjacent to an activating group) is 2. The number of nitrogens with two attached hydrogens (primary N) is 1. The Kier molecular flexibility index (Phi) is 11.0. The minimum absolute atomic E-state index is 0.0533. The predicted octanol–water partition coefficient (Wildman–Crippen LogP) is 3.42. The first-order valence-electron chi connectivity index (χ1n) is 11.8. The first-order chi connectivity index (χ1) is 17.5. The Morgan fingerprint density at radius 2 is 1.38 bits per heavy atom. The smallest absolute Gasteiger partial charge is 0.408 e. The molecule has 4 rings (SSSR count). The highest BCUT2D eigenvalue weighted by Crippen LogP contribution is 2.28. The Balaban J connectivity index is 0.000000260. The van der Waals surface area contributed by atoms with Crippen molar-refractivity contribution in [1.29, 1.82) is 0 Å². The summed E-state index contributed by atoms with van der Waals surface area (Å²) in [5, 5.41) is 8.94. The molecule has 0 aliphatic carbocycles. The van der Waals surface area contributed by atoms with Crippen LogP contribution in [0.3, 0.4) is 0 Å². The van der Waals surface area contributed by atoms with Crippen molar-refractivity contribution in [3.05, 3.63) is 48.5 Å². The van der Waals surface area contributed by atoms with Crippen molar-refractivity contribution >= 4 is 63.2 Å². The van der Waals surface area contributed by atoms with Gasteiger partial charge >= 0.3 is 6.09 Å². The summed E-state index contributed by atoms with van der Waals surface area (Å²) in [7, 11) is 3.44. The number of amides is 3. The minimum Gasteiger partial charge on any atom is -0.444 e. The first kappa shape index (κ1) is 30.2. The summed E-state index contributed by atoms with van der Waals surface area (Å²) in [6.07, 6.45) is -0.595. The van der Waals surface area contributed by atoms with Crippen LogP contribution in [0.15, 0.2) is 48.5 Å². The molecule has 2 aromatic rings. The standard InChI is InChI=1S/C15H21N3O3.C10H13N3O.CH3I/c1-15(2,3)21-14(20)17-11-9-16-10-7-5-6-8-12(10)18(4)13(11)19;1-13-9-5-3-2-4-8(9)12-6-7(11)10(13)14;1-2/h5-8,11,16H,9H2,1-4H3,(H,17,20);2-5,7,12H,6,11H2,1H3;1H3/t11-;7-;/m00./s1. The maximum atomic E-state index is 12.4. The van der Waals surface area contributed by atoms with Crippen LogP contribution in [0.2, 0.25) is 0 Å². The normalized spacial score (nSPS) is 18.6. The molecule has 2 aromatic carbocycles. The maximum Gasteiger partial charge on any atom is 0.408 e. The van der Waals surface area contributed by atoms with Gasteiger partial charge in [-0.1, -0.05) is 46.9 Å². The molecular formula is C26H37IN6O4. The third-order valence-corrected chi connectivity index (χ3v) is 5.51. The van der Waals surface area contributed by atoms with E-state index in [1.54, 1.807) is 39.8 Å². The van der Waals surface area contributed by atoms with Crippen LogP contribution < -0.4 is 31.5 Å². The van der Waals surface area contributed by atoms with Crippen LogP contribution in [0, 0.1) is 0 Å². The number of anilines is 4. The molecule has 0 spiro atoms. The number of alkyl carbamates (subject to hydrolysis) is 1. The zero-order valence-electron chi connectivity index (χ0n) is 22.2. The zero-order chi connectivity index (χ0) is 27.8. The van der Waals surface area contributed by atoms with Crippen molar-refractivity contribution in [2.24, 2.45) is 5.73 Å². The molecule has 0 unspecified atom stereocenters. The van der Waals surface area contributed by atoms with E-state index in [4.69, 9.17) is 10.5 Å². The number of nitrogens with one attached hydrogen (secondary N) is 3. The van der Waals surface area contributed by atoms with Gasteiger partial charge in [-0.25, -0.2) is 4.79 Å². The fourth-order valence-corrected chi connectivity index (χ4v) is 3.72. The second kappa shape index (κ2) is 13.5. The van der Waals surface area contributed by atoms with Crippen LogP contribution in [0.4, 0.5) is 27.5 Å². The van der Waals surface area contributed by atoms with Crippen molar-refractivity contribution in [1.82, 2.24) is 5.32 Å². The summed E-state index contributed by atoms with van der Waals surface area (Å²) in [6.45, 7) is 6.14. The van der Waals surface area contributed by atoms with Crippen LogP contribution in [0.25, 0.3) is 0 Å². The van der Waals surface area contributed by atoms with Crippen LogP contribution in [-0.2, 0) is 14.3 Å². The molecular weight excluding hydrogens is 587 g/mol. The Hall–Kier alpha value is -3.06. The molecule has 0 bridgehead atoms. The van der Waals surface area contributed by atoms with Crippen molar-refractivity contribution in [3.8, 4) is 0 Å². The molecule has 3 amide bonds. The van der Waals surface area contributed by atoms with E-state index in [0.717, 1.165) is 22.7 Å². The number of hydrogen-bond acceptors (Lipinski definition) is 7. The largest absolute Gasteiger partial charge is 0.444 e. The minimum atomic E-state index is -0.669. The van der Waals surface area contributed by atoms with Gasteiger partial charge in [0.15, 0.2) is 0 Å². The fraction of sp³-hybridized carbons (Fsp3) is 0.423. The molecule has 10 nitrogen and oxygen atoms in total. The third kappa shape index (κ3) is 8.22. The number of carbonyl (C=O) groups is 3. The van der Waals surface area contributed by atoms with Crippen LogP contribution in [0.5, 0.6) is 0 Å². The van der Waals surface area contributed by atoms with E-state index >= 15 is 0 Å². The number of benzene rings is 2. The van der Waals surface area contributed by atoms with Gasteiger partial charge in [0.2, 0.25) is 5.91 Å². The SMILES string of the molecule is CI.CN1C(=O)[C@@H](N)CNc2ccccc21.CN1C(=O)[C@@H](NC(=O)OC(C)(C)C)CNc2ccccc21. The van der Waals surface area contributed by atoms with Gasteiger partial charge in [-0.15, -0.1) is 0 Å². The molecule has 0 saturated heterocycles. The molecule has 0 saturated carbocycles. The van der Waals surface area contributed by atoms with Gasteiger partial charge in [0.1, 0.15) is 17.7 Å². The Labute approximate surface area is 232 Å². The molecule has 0 aromatic heterocycles. The molecule has 0 fully saturated rings. The molecule has 0 radical (unpaired) electrons. The van der Waals surface area contributed by atoms with E-state index in [-0.39, 0.29) is 11.8 Å². The molecule has 2 heterocycles. The van der Waals surface area contributed by atoms with E-state index in [2.05, 4.69) is 38.5 Å². The molecule has 202 valence electrons. The average Bonchev–Trinajstić information content (AvgIpc) is 3.06. The topological polar surface area (TPSA) is 129 Å². The van der Waals surface area contributed by atoms with Crippen LogP contribution in [-0.4, -0.2) is 67.7 Å². The lowest BCUT2D eigenvalue weighted by molar-refractivity contribution is -0.120. The van der Waals surface area contributed by atoms with Crippen molar-refractivity contribution in [3.63, 3.8) is 0 Å². The number of hydrogen-bond donors (Lipinski definition) is 4. The number of alkyl halides is 1. The molecule has 2 aliphatic heterocycles. The summed E-state index contributed by atoms with van der Waals surface area (Å²) < 4.78 is 5.19. The third-order valence-electron chi connectivity index (χ3n) is 5.51. The molecule has 5 N–H and O–H groups in total. The average molecular weight is 625 g/mol. The fourth-order valence-electron chi connectivity index (χ4n) is 3.72. The van der Waals surface area contributed by atoms with Crippen molar-refractivity contribution < 1.29 is 19.1 Å². The van der Waals surface area contributed by atoms with Gasteiger partial charge < -0.3 is 36.2 Å². The van der Waals surface area contributed by atoms with E-state index in [1.165, 1.54) is 4.90 Å². The monoisotopic (exact) mass is 624 g/mol. The quantitative estimate of drug-likeness (QED) is 0.283. The van der Waals surface area contributed by atoms with Gasteiger partial charge in [-0.2, -0.15) is 0 Å². The Morgan fingerprint density at radius 1 is 0.919 bits per heavy atom. The number of halogens is 1. The highest BCUT2D eigenvalue weighted by Gasteiger charge is 2.30. The van der Waals surface area contributed by atoms with E-state index in [9.17, 15) is 14.4 Å². The lowest BCUT2D eigenvalue weighted by Gasteiger charge is -2.24. The van der Waals surface area contributed by atoms with Crippen molar-refractivity contribution in [2.75, 3.05) is 52.5 Å². The Bertz CT molecular complexity index is 1090. The number of rotatable bonds is 1. The van der Waals surface area contributed by atoms with Gasteiger partial charge in [-0.05, 0) is 50.0 Å². The van der Waals surface area contributed by atoms with Crippen LogP contribution in [0.1, 0.15) is 20.8 Å². The van der Waals surface area contributed by atoms with Gasteiger partial charge in [-0.3, -0.25) is 9.59 Å². The molecule has 37 heavy (non-hydrogen) atoms. The Morgan fingerprint density at radius 3 is 1.89 bits per heavy atom. The highest BCUT2D eigenvalue weighted by molar-refractivity contribution is 14.1. The van der Waals surface area contributed by atoms with Crippen LogP contribution >= 0.6 is 22.6 Å².